The smallest absolute Gasteiger partial charge is 0.234 e. The summed E-state index contributed by atoms with van der Waals surface area (Å²) < 4.78 is 5.52. The number of carbonyl (C=O) groups is 1. The normalized spacial score (nSPS) is 31.4. The molecule has 5 nitrogen and oxygen atoms in total. The van der Waals surface area contributed by atoms with Gasteiger partial charge in [-0.1, -0.05) is 13.3 Å². The number of amides is 1. The number of rotatable bonds is 6. The lowest BCUT2D eigenvalue weighted by Gasteiger charge is -2.38. The van der Waals surface area contributed by atoms with E-state index in [4.69, 9.17) is 10.5 Å². The minimum atomic E-state index is 0.105. The van der Waals surface area contributed by atoms with E-state index in [2.05, 4.69) is 17.1 Å². The first kappa shape index (κ1) is 15.7. The Morgan fingerprint density at radius 2 is 2.30 bits per heavy atom. The van der Waals surface area contributed by atoms with E-state index in [1.807, 2.05) is 0 Å². The average Bonchev–Trinajstić information content (AvgIpc) is 2.99. The molecule has 3 unspecified atom stereocenters. The zero-order chi connectivity index (χ0) is 14.4. The third-order valence-corrected chi connectivity index (χ3v) is 4.69. The van der Waals surface area contributed by atoms with Gasteiger partial charge in [0.25, 0.3) is 0 Å². The number of likely N-dealkylation sites (tertiary alicyclic amines) is 1. The number of carbonyl (C=O) groups excluding carboxylic acids is 1. The van der Waals surface area contributed by atoms with Crippen molar-refractivity contribution in [3.05, 3.63) is 0 Å². The van der Waals surface area contributed by atoms with Crippen molar-refractivity contribution in [3.63, 3.8) is 0 Å². The first-order valence-corrected chi connectivity index (χ1v) is 8.05. The van der Waals surface area contributed by atoms with Gasteiger partial charge in [0.2, 0.25) is 5.91 Å². The molecule has 20 heavy (non-hydrogen) atoms. The molecule has 0 bridgehead atoms. The van der Waals surface area contributed by atoms with Crippen LogP contribution in [0.4, 0.5) is 0 Å². The Morgan fingerprint density at radius 1 is 1.45 bits per heavy atom. The molecule has 1 amide bonds. The van der Waals surface area contributed by atoms with Crippen LogP contribution in [0.3, 0.4) is 0 Å². The number of hydrogen-bond donors (Lipinski definition) is 2. The highest BCUT2D eigenvalue weighted by molar-refractivity contribution is 5.78. The Labute approximate surface area is 122 Å². The molecule has 5 heteroatoms. The van der Waals surface area contributed by atoms with Gasteiger partial charge in [0, 0.05) is 25.7 Å². The molecule has 2 heterocycles. The molecule has 0 aromatic heterocycles. The van der Waals surface area contributed by atoms with Crippen molar-refractivity contribution in [3.8, 4) is 0 Å². The van der Waals surface area contributed by atoms with Gasteiger partial charge in [-0.05, 0) is 38.1 Å². The van der Waals surface area contributed by atoms with Crippen LogP contribution in [0.1, 0.15) is 39.0 Å². The van der Waals surface area contributed by atoms with Crippen molar-refractivity contribution in [1.29, 1.82) is 0 Å². The summed E-state index contributed by atoms with van der Waals surface area (Å²) in [6, 6.07) is 0.363. The summed E-state index contributed by atoms with van der Waals surface area (Å²) in [4.78, 5) is 14.3. The Balaban J connectivity index is 1.72. The fraction of sp³-hybridized carbons (Fsp3) is 0.933. The van der Waals surface area contributed by atoms with Gasteiger partial charge in [0.1, 0.15) is 0 Å². The lowest BCUT2D eigenvalue weighted by molar-refractivity contribution is -0.123. The van der Waals surface area contributed by atoms with E-state index in [0.717, 1.165) is 38.3 Å². The highest BCUT2D eigenvalue weighted by Gasteiger charge is 2.28. The molecule has 2 saturated heterocycles. The molecule has 0 aromatic rings. The van der Waals surface area contributed by atoms with Crippen LogP contribution in [0, 0.1) is 5.92 Å². The second-order valence-corrected chi connectivity index (χ2v) is 6.10. The highest BCUT2D eigenvalue weighted by atomic mass is 16.5. The fourth-order valence-electron chi connectivity index (χ4n) is 3.28. The molecule has 0 aromatic carbocycles. The molecular weight excluding hydrogens is 254 g/mol. The van der Waals surface area contributed by atoms with E-state index in [1.165, 1.54) is 12.8 Å². The Bertz CT molecular complexity index is 305. The van der Waals surface area contributed by atoms with E-state index < -0.39 is 0 Å². The minimum absolute atomic E-state index is 0.105. The van der Waals surface area contributed by atoms with Crippen molar-refractivity contribution in [2.24, 2.45) is 11.7 Å². The molecule has 2 aliphatic rings. The van der Waals surface area contributed by atoms with Crippen LogP contribution in [0.2, 0.25) is 0 Å². The van der Waals surface area contributed by atoms with Gasteiger partial charge in [-0.15, -0.1) is 0 Å². The molecule has 0 radical (unpaired) electrons. The van der Waals surface area contributed by atoms with Crippen LogP contribution in [0.15, 0.2) is 0 Å². The molecule has 2 rings (SSSR count). The van der Waals surface area contributed by atoms with Crippen LogP contribution < -0.4 is 11.1 Å². The summed E-state index contributed by atoms with van der Waals surface area (Å²) in [5, 5.41) is 3.00. The Hall–Kier alpha value is -0.650. The molecule has 2 fully saturated rings. The van der Waals surface area contributed by atoms with Crippen molar-refractivity contribution >= 4 is 5.91 Å². The number of hydrogen-bond acceptors (Lipinski definition) is 4. The van der Waals surface area contributed by atoms with E-state index >= 15 is 0 Å². The van der Waals surface area contributed by atoms with E-state index in [-0.39, 0.29) is 12.0 Å². The minimum Gasteiger partial charge on any atom is -0.376 e. The van der Waals surface area contributed by atoms with Gasteiger partial charge in [-0.25, -0.2) is 0 Å². The number of piperidine rings is 1. The molecule has 116 valence electrons. The van der Waals surface area contributed by atoms with Gasteiger partial charge in [0.05, 0.1) is 12.6 Å². The average molecular weight is 283 g/mol. The largest absolute Gasteiger partial charge is 0.376 e. The topological polar surface area (TPSA) is 67.6 Å². The first-order valence-electron chi connectivity index (χ1n) is 8.05. The lowest BCUT2D eigenvalue weighted by atomic mass is 9.89. The molecule has 2 aliphatic heterocycles. The summed E-state index contributed by atoms with van der Waals surface area (Å²) in [6.45, 7) is 5.84. The quantitative estimate of drug-likeness (QED) is 0.754. The van der Waals surface area contributed by atoms with Gasteiger partial charge in [-0.3, -0.25) is 9.69 Å². The number of nitrogens with one attached hydrogen (secondary N) is 1. The molecule has 0 spiro atoms. The molecular formula is C15H29N3O2. The van der Waals surface area contributed by atoms with E-state index in [0.29, 0.717) is 25.7 Å². The number of nitrogens with zero attached hydrogens (tertiary/aromatic N) is 1. The van der Waals surface area contributed by atoms with E-state index in [1.54, 1.807) is 0 Å². The molecule has 3 atom stereocenters. The third kappa shape index (κ3) is 4.43. The van der Waals surface area contributed by atoms with Crippen LogP contribution in [0.5, 0.6) is 0 Å². The standard InChI is InChI=1S/C15H29N3O2/c1-2-12-5-6-18(13(8-12)9-16)11-15(19)17-10-14-4-3-7-20-14/h12-14H,2-11,16H2,1H3,(H,17,19). The fourth-order valence-corrected chi connectivity index (χ4v) is 3.28. The predicted molar refractivity (Wildman–Crippen MR) is 79.4 cm³/mol. The predicted octanol–water partition coefficient (Wildman–Crippen LogP) is 0.731. The van der Waals surface area contributed by atoms with Crippen molar-refractivity contribution < 1.29 is 9.53 Å². The molecule has 0 saturated carbocycles. The highest BCUT2D eigenvalue weighted by Crippen LogP contribution is 2.24. The molecule has 3 N–H and O–H groups in total. The summed E-state index contributed by atoms with van der Waals surface area (Å²) in [6.07, 6.45) is 5.93. The summed E-state index contributed by atoms with van der Waals surface area (Å²) in [7, 11) is 0. The monoisotopic (exact) mass is 283 g/mol. The lowest BCUT2D eigenvalue weighted by Crippen LogP contribution is -2.50. The van der Waals surface area contributed by atoms with Gasteiger partial charge < -0.3 is 15.8 Å². The zero-order valence-electron chi connectivity index (χ0n) is 12.6. The second kappa shape index (κ2) is 7.96. The van der Waals surface area contributed by atoms with Gasteiger partial charge in [0.15, 0.2) is 0 Å². The van der Waals surface area contributed by atoms with Crippen LogP contribution in [-0.2, 0) is 9.53 Å². The molecule has 0 aliphatic carbocycles. The van der Waals surface area contributed by atoms with Crippen LogP contribution in [-0.4, -0.2) is 55.7 Å². The summed E-state index contributed by atoms with van der Waals surface area (Å²) >= 11 is 0. The zero-order valence-corrected chi connectivity index (χ0v) is 12.6. The Kier molecular flexibility index (Phi) is 6.26. The second-order valence-electron chi connectivity index (χ2n) is 6.10. The van der Waals surface area contributed by atoms with Crippen molar-refractivity contribution in [2.75, 3.05) is 32.8 Å². The van der Waals surface area contributed by atoms with Crippen molar-refractivity contribution in [1.82, 2.24) is 10.2 Å². The summed E-state index contributed by atoms with van der Waals surface area (Å²) in [5.41, 5.74) is 5.87. The third-order valence-electron chi connectivity index (χ3n) is 4.69. The van der Waals surface area contributed by atoms with E-state index in [9.17, 15) is 4.79 Å². The van der Waals surface area contributed by atoms with Gasteiger partial charge >= 0.3 is 0 Å². The first-order chi connectivity index (χ1) is 9.72. The van der Waals surface area contributed by atoms with Crippen LogP contribution in [0.25, 0.3) is 0 Å². The van der Waals surface area contributed by atoms with Gasteiger partial charge in [-0.2, -0.15) is 0 Å². The Morgan fingerprint density at radius 3 is 2.95 bits per heavy atom. The number of nitrogens with two attached hydrogens (primary N) is 1. The maximum absolute atomic E-state index is 12.0. The summed E-state index contributed by atoms with van der Waals surface area (Å²) in [5.74, 6) is 0.878. The maximum atomic E-state index is 12.0. The maximum Gasteiger partial charge on any atom is 0.234 e. The van der Waals surface area contributed by atoms with Crippen LogP contribution >= 0.6 is 0 Å². The SMILES string of the molecule is CCC1CCN(CC(=O)NCC2CCCO2)C(CN)C1. The number of ether oxygens (including phenoxy) is 1. The van der Waals surface area contributed by atoms with Crippen molar-refractivity contribution in [2.45, 2.75) is 51.2 Å².